The van der Waals surface area contributed by atoms with Gasteiger partial charge in [-0.3, -0.25) is 0 Å². The highest BCUT2D eigenvalue weighted by Crippen LogP contribution is 2.13. The molecule has 0 fully saturated rings. The van der Waals surface area contributed by atoms with Crippen molar-refractivity contribution >= 4 is 6.09 Å². The number of rotatable bonds is 18. The highest BCUT2D eigenvalue weighted by atomic mass is 16.5. The summed E-state index contributed by atoms with van der Waals surface area (Å²) in [5.41, 5.74) is 0. The highest BCUT2D eigenvalue weighted by Gasteiger charge is 1.98. The van der Waals surface area contributed by atoms with Crippen molar-refractivity contribution in [3.63, 3.8) is 0 Å². The molecule has 0 saturated heterocycles. The van der Waals surface area contributed by atoms with Crippen molar-refractivity contribution in [2.45, 2.75) is 117 Å². The van der Waals surface area contributed by atoms with Gasteiger partial charge in [0, 0.05) is 6.54 Å². The molecule has 0 aliphatic carbocycles. The van der Waals surface area contributed by atoms with E-state index in [4.69, 9.17) is 4.74 Å². The van der Waals surface area contributed by atoms with Gasteiger partial charge in [-0.1, -0.05) is 103 Å². The second-order valence-electron chi connectivity index (χ2n) is 6.97. The van der Waals surface area contributed by atoms with Gasteiger partial charge in [0.2, 0.25) is 0 Å². The molecule has 0 unspecified atom stereocenters. The van der Waals surface area contributed by atoms with Crippen molar-refractivity contribution in [3.8, 4) is 0 Å². The molecular weight excluding hydrogens is 298 g/mol. The molecule has 0 aromatic heterocycles. The Balaban J connectivity index is 3.01. The molecule has 0 aliphatic heterocycles. The molecule has 1 N–H and O–H groups in total. The van der Waals surface area contributed by atoms with Crippen molar-refractivity contribution < 1.29 is 9.53 Å². The molecule has 0 aromatic carbocycles. The maximum Gasteiger partial charge on any atom is 0.407 e. The number of amides is 1. The van der Waals surface area contributed by atoms with Gasteiger partial charge in [-0.25, -0.2) is 4.79 Å². The van der Waals surface area contributed by atoms with Crippen LogP contribution in [0, 0.1) is 0 Å². The highest BCUT2D eigenvalue weighted by molar-refractivity contribution is 5.66. The molecule has 1 amide bonds. The number of carbonyl (C=O) groups is 1. The van der Waals surface area contributed by atoms with E-state index in [9.17, 15) is 4.79 Å². The van der Waals surface area contributed by atoms with E-state index in [2.05, 4.69) is 12.2 Å². The topological polar surface area (TPSA) is 38.3 Å². The largest absolute Gasteiger partial charge is 0.450 e. The monoisotopic (exact) mass is 341 g/mol. The zero-order valence-corrected chi connectivity index (χ0v) is 16.5. The fraction of sp³-hybridized carbons (Fsp3) is 0.952. The Morgan fingerprint density at radius 1 is 0.625 bits per heavy atom. The summed E-state index contributed by atoms with van der Waals surface area (Å²) in [5, 5.41) is 2.64. The molecule has 0 rings (SSSR count). The third-order valence-corrected chi connectivity index (χ3v) is 4.55. The van der Waals surface area contributed by atoms with Crippen LogP contribution in [0.3, 0.4) is 0 Å². The maximum absolute atomic E-state index is 11.1. The quantitative estimate of drug-likeness (QED) is 0.273. The molecule has 0 heterocycles. The van der Waals surface area contributed by atoms with Crippen LogP contribution in [0.25, 0.3) is 0 Å². The van der Waals surface area contributed by atoms with E-state index < -0.39 is 0 Å². The smallest absolute Gasteiger partial charge is 0.407 e. The summed E-state index contributed by atoms with van der Waals surface area (Å²) in [5.74, 6) is 0. The van der Waals surface area contributed by atoms with E-state index in [1.165, 1.54) is 96.3 Å². The van der Waals surface area contributed by atoms with Crippen LogP contribution in [-0.2, 0) is 4.74 Å². The van der Waals surface area contributed by atoms with E-state index in [0.29, 0.717) is 13.2 Å². The summed E-state index contributed by atoms with van der Waals surface area (Å²) >= 11 is 0. The lowest BCUT2D eigenvalue weighted by molar-refractivity contribution is 0.144. The van der Waals surface area contributed by atoms with Gasteiger partial charge < -0.3 is 10.1 Å². The number of alkyl carbamates (subject to hydrolysis) is 1. The van der Waals surface area contributed by atoms with E-state index in [0.717, 1.165) is 6.42 Å². The zero-order chi connectivity index (χ0) is 17.7. The summed E-state index contributed by atoms with van der Waals surface area (Å²) in [6.07, 6.45) is 21.5. The van der Waals surface area contributed by atoms with E-state index >= 15 is 0 Å². The van der Waals surface area contributed by atoms with Gasteiger partial charge in [-0.05, 0) is 13.3 Å². The number of carbonyl (C=O) groups excluding carboxylic acids is 1. The Morgan fingerprint density at radius 2 is 1.00 bits per heavy atom. The van der Waals surface area contributed by atoms with Gasteiger partial charge in [-0.15, -0.1) is 0 Å². The number of hydrogen-bond acceptors (Lipinski definition) is 2. The van der Waals surface area contributed by atoms with Crippen LogP contribution in [0.2, 0.25) is 0 Å². The molecule has 0 bridgehead atoms. The maximum atomic E-state index is 11.1. The summed E-state index contributed by atoms with van der Waals surface area (Å²) < 4.78 is 5.05. The number of hydrogen-bond donors (Lipinski definition) is 1. The lowest BCUT2D eigenvalue weighted by Gasteiger charge is -2.05. The van der Waals surface area contributed by atoms with Gasteiger partial charge in [0.25, 0.3) is 0 Å². The fourth-order valence-electron chi connectivity index (χ4n) is 3.01. The van der Waals surface area contributed by atoms with Gasteiger partial charge in [-0.2, -0.15) is 0 Å². The Hall–Kier alpha value is -0.730. The number of ether oxygens (including phenoxy) is 1. The van der Waals surface area contributed by atoms with E-state index in [-0.39, 0.29) is 6.09 Å². The second kappa shape index (κ2) is 20.3. The first-order valence-corrected chi connectivity index (χ1v) is 10.7. The summed E-state index contributed by atoms with van der Waals surface area (Å²) in [6.45, 7) is 5.38. The Morgan fingerprint density at radius 3 is 1.38 bits per heavy atom. The Labute approximate surface area is 151 Å². The average molecular weight is 342 g/mol. The van der Waals surface area contributed by atoms with Gasteiger partial charge >= 0.3 is 6.09 Å². The summed E-state index contributed by atoms with van der Waals surface area (Å²) in [7, 11) is 0. The first-order valence-electron chi connectivity index (χ1n) is 10.7. The third-order valence-electron chi connectivity index (χ3n) is 4.55. The standard InChI is InChI=1S/C21H43NO2/c1-3-5-6-7-8-9-10-11-12-13-14-15-16-17-18-19-20-24-21(23)22-4-2/h3-20H2,1-2H3,(H,22,23). The molecule has 0 spiro atoms. The van der Waals surface area contributed by atoms with Crippen molar-refractivity contribution in [3.05, 3.63) is 0 Å². The van der Waals surface area contributed by atoms with Crippen LogP contribution in [0.4, 0.5) is 4.79 Å². The van der Waals surface area contributed by atoms with Gasteiger partial charge in [0.05, 0.1) is 6.61 Å². The van der Waals surface area contributed by atoms with Crippen LogP contribution in [0.15, 0.2) is 0 Å². The van der Waals surface area contributed by atoms with Crippen LogP contribution in [0.5, 0.6) is 0 Å². The van der Waals surface area contributed by atoms with E-state index in [1.54, 1.807) is 0 Å². The van der Waals surface area contributed by atoms with Crippen LogP contribution in [0.1, 0.15) is 117 Å². The normalized spacial score (nSPS) is 10.8. The zero-order valence-electron chi connectivity index (χ0n) is 16.5. The minimum atomic E-state index is -0.279. The van der Waals surface area contributed by atoms with Gasteiger partial charge in [0.15, 0.2) is 0 Å². The van der Waals surface area contributed by atoms with Crippen molar-refractivity contribution in [2.75, 3.05) is 13.2 Å². The van der Waals surface area contributed by atoms with Crippen molar-refractivity contribution in [1.82, 2.24) is 5.32 Å². The SMILES string of the molecule is CCCCCCCCCCCCCCCCCCOC(=O)NCC. The van der Waals surface area contributed by atoms with Crippen LogP contribution < -0.4 is 5.32 Å². The Kier molecular flexibility index (Phi) is 19.7. The molecule has 3 heteroatoms. The van der Waals surface area contributed by atoms with E-state index in [1.807, 2.05) is 6.92 Å². The number of unbranched alkanes of at least 4 members (excludes halogenated alkanes) is 15. The van der Waals surface area contributed by atoms with Gasteiger partial charge in [0.1, 0.15) is 0 Å². The molecule has 0 saturated carbocycles. The molecule has 0 radical (unpaired) electrons. The predicted molar refractivity (Wildman–Crippen MR) is 105 cm³/mol. The van der Waals surface area contributed by atoms with Crippen LogP contribution >= 0.6 is 0 Å². The molecule has 0 atom stereocenters. The minimum Gasteiger partial charge on any atom is -0.450 e. The van der Waals surface area contributed by atoms with Crippen molar-refractivity contribution in [1.29, 1.82) is 0 Å². The minimum absolute atomic E-state index is 0.279. The lowest BCUT2D eigenvalue weighted by atomic mass is 10.0. The second-order valence-corrected chi connectivity index (χ2v) is 6.97. The number of nitrogens with one attached hydrogen (secondary N) is 1. The molecule has 0 aromatic rings. The first kappa shape index (κ1) is 23.3. The molecule has 0 aliphatic rings. The molecule has 24 heavy (non-hydrogen) atoms. The molecular formula is C21H43NO2. The fourth-order valence-corrected chi connectivity index (χ4v) is 3.01. The molecule has 144 valence electrons. The average Bonchev–Trinajstić information content (AvgIpc) is 2.58. The lowest BCUT2D eigenvalue weighted by Crippen LogP contribution is -2.23. The summed E-state index contributed by atoms with van der Waals surface area (Å²) in [6, 6.07) is 0. The summed E-state index contributed by atoms with van der Waals surface area (Å²) in [4.78, 5) is 11.1. The Bertz CT molecular complexity index is 256. The molecule has 3 nitrogen and oxygen atoms in total. The first-order chi connectivity index (χ1) is 11.8. The van der Waals surface area contributed by atoms with Crippen molar-refractivity contribution in [2.24, 2.45) is 0 Å². The van der Waals surface area contributed by atoms with Crippen LogP contribution in [-0.4, -0.2) is 19.2 Å². The third kappa shape index (κ3) is 19.3. The predicted octanol–water partition coefficient (Wildman–Crippen LogP) is 6.99.